The first-order valence-electron chi connectivity index (χ1n) is 7.83. The Bertz CT molecular complexity index is 476. The maximum absolute atomic E-state index is 6.47. The summed E-state index contributed by atoms with van der Waals surface area (Å²) in [5.41, 5.74) is 1.15. The molecule has 2 unspecified atom stereocenters. The van der Waals surface area contributed by atoms with E-state index in [1.54, 1.807) is 0 Å². The maximum Gasteiger partial charge on any atom is 0.0640 e. The zero-order valence-corrected chi connectivity index (χ0v) is 15.7. The monoisotopic (exact) mass is 372 g/mol. The van der Waals surface area contributed by atoms with Crippen LogP contribution in [0.3, 0.4) is 0 Å². The highest BCUT2D eigenvalue weighted by atomic mass is 79.9. The summed E-state index contributed by atoms with van der Waals surface area (Å²) in [6.45, 7) is 11.2. The first-order chi connectivity index (χ1) is 9.88. The van der Waals surface area contributed by atoms with Crippen molar-refractivity contribution in [3.63, 3.8) is 0 Å². The number of nitrogens with one attached hydrogen (secondary N) is 1. The SMILES string of the molecule is CC(C)CC1CN(c2cc(Br)ccc2Cl)C(C(C)C)CN1. The molecule has 0 radical (unpaired) electrons. The highest BCUT2D eigenvalue weighted by molar-refractivity contribution is 9.10. The predicted molar refractivity (Wildman–Crippen MR) is 96.4 cm³/mol. The topological polar surface area (TPSA) is 15.3 Å². The van der Waals surface area contributed by atoms with Gasteiger partial charge in [0.2, 0.25) is 0 Å². The number of halogens is 2. The van der Waals surface area contributed by atoms with Gasteiger partial charge in [-0.3, -0.25) is 0 Å². The molecular formula is C17H26BrClN2. The lowest BCUT2D eigenvalue weighted by Crippen LogP contribution is -2.58. The molecule has 1 aromatic carbocycles. The van der Waals surface area contributed by atoms with E-state index >= 15 is 0 Å². The molecule has 1 N–H and O–H groups in total. The lowest BCUT2D eigenvalue weighted by Gasteiger charge is -2.44. The number of anilines is 1. The quantitative estimate of drug-likeness (QED) is 0.803. The zero-order valence-electron chi connectivity index (χ0n) is 13.4. The van der Waals surface area contributed by atoms with E-state index < -0.39 is 0 Å². The van der Waals surface area contributed by atoms with Crippen molar-refractivity contribution < 1.29 is 0 Å². The van der Waals surface area contributed by atoms with Crippen LogP contribution in [0.25, 0.3) is 0 Å². The first kappa shape index (κ1) is 17.1. The number of rotatable bonds is 4. The Hall–Kier alpha value is -0.250. The molecule has 1 fully saturated rings. The first-order valence-corrected chi connectivity index (χ1v) is 9.00. The lowest BCUT2D eigenvalue weighted by molar-refractivity contribution is 0.310. The molecule has 0 aromatic heterocycles. The van der Waals surface area contributed by atoms with E-state index in [9.17, 15) is 0 Å². The number of piperazine rings is 1. The molecule has 1 aromatic rings. The summed E-state index contributed by atoms with van der Waals surface area (Å²) >= 11 is 10.0. The summed E-state index contributed by atoms with van der Waals surface area (Å²) in [6.07, 6.45) is 1.20. The van der Waals surface area contributed by atoms with Gasteiger partial charge < -0.3 is 10.2 Å². The van der Waals surface area contributed by atoms with Crippen molar-refractivity contribution in [2.24, 2.45) is 11.8 Å². The summed E-state index contributed by atoms with van der Waals surface area (Å²) in [5, 5.41) is 4.56. The van der Waals surface area contributed by atoms with Crippen molar-refractivity contribution in [1.82, 2.24) is 5.32 Å². The Kier molecular flexibility index (Phi) is 5.98. The van der Waals surface area contributed by atoms with Gasteiger partial charge in [-0.15, -0.1) is 0 Å². The summed E-state index contributed by atoms with van der Waals surface area (Å²) in [7, 11) is 0. The molecule has 0 saturated carbocycles. The highest BCUT2D eigenvalue weighted by Crippen LogP contribution is 2.33. The molecular weight excluding hydrogens is 348 g/mol. The van der Waals surface area contributed by atoms with Gasteiger partial charge in [-0.1, -0.05) is 55.2 Å². The minimum Gasteiger partial charge on any atom is -0.364 e. The van der Waals surface area contributed by atoms with Gasteiger partial charge in [0.1, 0.15) is 0 Å². The van der Waals surface area contributed by atoms with Crippen LogP contribution in [0, 0.1) is 11.8 Å². The molecule has 1 heterocycles. The molecule has 118 valence electrons. The van der Waals surface area contributed by atoms with Crippen molar-refractivity contribution in [1.29, 1.82) is 0 Å². The minimum atomic E-state index is 0.486. The van der Waals surface area contributed by atoms with Crippen LogP contribution in [-0.2, 0) is 0 Å². The fraction of sp³-hybridized carbons (Fsp3) is 0.647. The van der Waals surface area contributed by atoms with E-state index in [-0.39, 0.29) is 0 Å². The number of hydrogen-bond donors (Lipinski definition) is 1. The highest BCUT2D eigenvalue weighted by Gasteiger charge is 2.31. The van der Waals surface area contributed by atoms with Crippen LogP contribution in [0.4, 0.5) is 5.69 Å². The van der Waals surface area contributed by atoms with E-state index in [0.717, 1.165) is 28.3 Å². The second-order valence-corrected chi connectivity index (χ2v) is 8.12. The van der Waals surface area contributed by atoms with E-state index in [4.69, 9.17) is 11.6 Å². The third kappa shape index (κ3) is 4.37. The van der Waals surface area contributed by atoms with Crippen molar-refractivity contribution in [2.75, 3.05) is 18.0 Å². The van der Waals surface area contributed by atoms with Crippen LogP contribution >= 0.6 is 27.5 Å². The van der Waals surface area contributed by atoms with Crippen LogP contribution in [0.2, 0.25) is 5.02 Å². The third-order valence-electron chi connectivity index (χ3n) is 4.18. The standard InChI is InChI=1S/C17H26BrClN2/c1-11(2)7-14-10-21(17(9-20-14)12(3)4)16-8-13(18)5-6-15(16)19/h5-6,8,11-12,14,17,20H,7,9-10H2,1-4H3. The second kappa shape index (κ2) is 7.34. The van der Waals surface area contributed by atoms with Crippen LogP contribution in [-0.4, -0.2) is 25.2 Å². The maximum atomic E-state index is 6.47. The van der Waals surface area contributed by atoms with Gasteiger partial charge in [0.15, 0.2) is 0 Å². The third-order valence-corrected chi connectivity index (χ3v) is 4.99. The smallest absolute Gasteiger partial charge is 0.0640 e. The molecule has 0 spiro atoms. The van der Waals surface area contributed by atoms with Gasteiger partial charge in [-0.05, 0) is 36.5 Å². The van der Waals surface area contributed by atoms with E-state index in [1.165, 1.54) is 6.42 Å². The van der Waals surface area contributed by atoms with Crippen LogP contribution in [0.1, 0.15) is 34.1 Å². The van der Waals surface area contributed by atoms with Crippen LogP contribution < -0.4 is 10.2 Å². The van der Waals surface area contributed by atoms with E-state index in [2.05, 4.69) is 59.9 Å². The summed E-state index contributed by atoms with van der Waals surface area (Å²) < 4.78 is 1.09. The molecule has 1 aliphatic rings. The molecule has 0 amide bonds. The molecule has 4 heteroatoms. The molecule has 1 saturated heterocycles. The van der Waals surface area contributed by atoms with Gasteiger partial charge in [-0.2, -0.15) is 0 Å². The molecule has 21 heavy (non-hydrogen) atoms. The predicted octanol–water partition coefficient (Wildman–Crippen LogP) is 4.95. The number of nitrogens with zero attached hydrogens (tertiary/aromatic N) is 1. The van der Waals surface area contributed by atoms with Crippen LogP contribution in [0.15, 0.2) is 22.7 Å². The van der Waals surface area contributed by atoms with Gasteiger partial charge in [0.25, 0.3) is 0 Å². The fourth-order valence-corrected chi connectivity index (χ4v) is 3.72. The fourth-order valence-electron chi connectivity index (χ4n) is 3.14. The Morgan fingerprint density at radius 2 is 2.05 bits per heavy atom. The van der Waals surface area contributed by atoms with Crippen molar-refractivity contribution in [3.8, 4) is 0 Å². The molecule has 0 bridgehead atoms. The Labute approximate surface area is 142 Å². The average Bonchev–Trinajstić information content (AvgIpc) is 2.40. The minimum absolute atomic E-state index is 0.486. The van der Waals surface area contributed by atoms with Crippen LogP contribution in [0.5, 0.6) is 0 Å². The van der Waals surface area contributed by atoms with E-state index in [0.29, 0.717) is 23.9 Å². The Balaban J connectivity index is 2.27. The number of benzene rings is 1. The van der Waals surface area contributed by atoms with Gasteiger partial charge >= 0.3 is 0 Å². The van der Waals surface area contributed by atoms with Gasteiger partial charge in [-0.25, -0.2) is 0 Å². The molecule has 1 aliphatic heterocycles. The molecule has 2 atom stereocenters. The largest absolute Gasteiger partial charge is 0.364 e. The molecule has 2 nitrogen and oxygen atoms in total. The summed E-state index contributed by atoms with van der Waals surface area (Å²) in [6, 6.07) is 7.16. The van der Waals surface area contributed by atoms with Crippen molar-refractivity contribution in [3.05, 3.63) is 27.7 Å². The van der Waals surface area contributed by atoms with Gasteiger partial charge in [0, 0.05) is 29.6 Å². The molecule has 2 rings (SSSR count). The van der Waals surface area contributed by atoms with Gasteiger partial charge in [0.05, 0.1) is 10.7 Å². The number of hydrogen-bond acceptors (Lipinski definition) is 2. The van der Waals surface area contributed by atoms with Crippen molar-refractivity contribution >= 4 is 33.2 Å². The normalized spacial score (nSPS) is 23.1. The summed E-state index contributed by atoms with van der Waals surface area (Å²) in [4.78, 5) is 2.50. The summed E-state index contributed by atoms with van der Waals surface area (Å²) in [5.74, 6) is 1.30. The lowest BCUT2D eigenvalue weighted by atomic mass is 9.94. The zero-order chi connectivity index (χ0) is 15.6. The average molecular weight is 374 g/mol. The molecule has 0 aliphatic carbocycles. The van der Waals surface area contributed by atoms with Crippen molar-refractivity contribution in [2.45, 2.75) is 46.2 Å². The van der Waals surface area contributed by atoms with E-state index in [1.807, 2.05) is 12.1 Å². The second-order valence-electron chi connectivity index (χ2n) is 6.79. The Morgan fingerprint density at radius 1 is 1.33 bits per heavy atom. The Morgan fingerprint density at radius 3 is 2.67 bits per heavy atom.